The molecule has 0 spiro atoms. The van der Waals surface area contributed by atoms with Crippen molar-refractivity contribution in [2.75, 3.05) is 26.0 Å². The minimum absolute atomic E-state index is 0.0174. The highest BCUT2D eigenvalue weighted by molar-refractivity contribution is 8.00. The third-order valence-electron chi connectivity index (χ3n) is 5.00. The van der Waals surface area contributed by atoms with E-state index in [4.69, 9.17) is 4.74 Å². The van der Waals surface area contributed by atoms with Crippen LogP contribution in [0.2, 0.25) is 0 Å². The fourth-order valence-corrected chi connectivity index (χ4v) is 5.51. The maximum Gasteiger partial charge on any atom is 0.451 e. The van der Waals surface area contributed by atoms with E-state index < -0.39 is 17.6 Å². The van der Waals surface area contributed by atoms with E-state index in [9.17, 15) is 18.0 Å². The molecule has 3 heterocycles. The molecule has 158 valence electrons. The first kappa shape index (κ1) is 21.2. The quantitative estimate of drug-likeness (QED) is 0.336. The van der Waals surface area contributed by atoms with Crippen molar-refractivity contribution in [3.8, 4) is 0 Å². The van der Waals surface area contributed by atoms with E-state index in [1.165, 1.54) is 17.4 Å². The monoisotopic (exact) mass is 453 g/mol. The summed E-state index contributed by atoms with van der Waals surface area (Å²) in [5, 5.41) is 3.90. The van der Waals surface area contributed by atoms with Gasteiger partial charge in [-0.1, -0.05) is 30.0 Å². The lowest BCUT2D eigenvalue weighted by Crippen LogP contribution is -2.29. The van der Waals surface area contributed by atoms with Gasteiger partial charge in [0.2, 0.25) is 5.82 Å². The second-order valence-electron chi connectivity index (χ2n) is 6.87. The zero-order valence-electron chi connectivity index (χ0n) is 16.0. The first-order chi connectivity index (χ1) is 14.3. The van der Waals surface area contributed by atoms with Crippen LogP contribution in [0.1, 0.15) is 26.8 Å². The maximum absolute atomic E-state index is 13.2. The lowest BCUT2D eigenvalue weighted by Gasteiger charge is -2.25. The van der Waals surface area contributed by atoms with Crippen LogP contribution in [0.3, 0.4) is 0 Å². The highest BCUT2D eigenvalue weighted by Gasteiger charge is 2.37. The molecule has 10 heteroatoms. The average Bonchev–Trinajstić information content (AvgIpc) is 3.41. The van der Waals surface area contributed by atoms with Gasteiger partial charge in [0.05, 0.1) is 16.1 Å². The Kier molecular flexibility index (Phi) is 5.84. The number of hydrogen-bond donors (Lipinski definition) is 1. The Balaban J connectivity index is 1.55. The molecule has 5 nitrogen and oxygen atoms in total. The number of Topliss-reactive ketones (excluding diaryl/α,β-unsaturated/α-hetero) is 1. The molecule has 0 radical (unpaired) electrons. The maximum atomic E-state index is 13.2. The van der Waals surface area contributed by atoms with Gasteiger partial charge in [-0.05, 0) is 31.2 Å². The SMILES string of the molecule is COC1(c2ccc(C(=O)CSc3nc(C(F)(F)F)nc4ccccc34)s2)CCNC1. The Labute approximate surface area is 179 Å². The summed E-state index contributed by atoms with van der Waals surface area (Å²) >= 11 is 2.36. The molecule has 4 rings (SSSR count). The lowest BCUT2D eigenvalue weighted by molar-refractivity contribution is -0.145. The molecule has 0 amide bonds. The molecule has 0 aliphatic carbocycles. The van der Waals surface area contributed by atoms with Crippen LogP contribution in [-0.4, -0.2) is 41.7 Å². The van der Waals surface area contributed by atoms with Crippen LogP contribution >= 0.6 is 23.1 Å². The predicted molar refractivity (Wildman–Crippen MR) is 110 cm³/mol. The normalized spacial score (nSPS) is 19.5. The molecule has 1 fully saturated rings. The number of para-hydroxylation sites is 1. The molecular weight excluding hydrogens is 435 g/mol. The number of ketones is 1. The summed E-state index contributed by atoms with van der Waals surface area (Å²) in [4.78, 5) is 21.5. The standard InChI is InChI=1S/C20H18F3N3O2S2/c1-28-19(8-9-24-11-19)16-7-6-15(30-16)14(27)10-29-17-12-4-2-3-5-13(12)25-18(26-17)20(21,22)23/h2-7,24H,8-11H2,1H3. The summed E-state index contributed by atoms with van der Waals surface area (Å²) in [6.45, 7) is 1.52. The van der Waals surface area contributed by atoms with Gasteiger partial charge in [-0.15, -0.1) is 11.3 Å². The van der Waals surface area contributed by atoms with Gasteiger partial charge in [0, 0.05) is 23.9 Å². The van der Waals surface area contributed by atoms with E-state index >= 15 is 0 Å². The van der Waals surface area contributed by atoms with E-state index in [2.05, 4.69) is 15.3 Å². The van der Waals surface area contributed by atoms with E-state index in [1.807, 2.05) is 6.07 Å². The van der Waals surface area contributed by atoms with Crippen molar-refractivity contribution in [1.29, 1.82) is 0 Å². The first-order valence-corrected chi connectivity index (χ1v) is 11.0. The third-order valence-corrected chi connectivity index (χ3v) is 7.30. The van der Waals surface area contributed by atoms with Gasteiger partial charge >= 0.3 is 6.18 Å². The molecule has 1 atom stereocenters. The van der Waals surface area contributed by atoms with Crippen LogP contribution < -0.4 is 5.32 Å². The van der Waals surface area contributed by atoms with Crippen LogP contribution in [-0.2, 0) is 16.5 Å². The molecular formula is C20H18F3N3O2S2. The van der Waals surface area contributed by atoms with E-state index in [-0.39, 0.29) is 22.1 Å². The van der Waals surface area contributed by atoms with Gasteiger partial charge in [0.1, 0.15) is 10.6 Å². The molecule has 1 saturated heterocycles. The van der Waals surface area contributed by atoms with Crippen LogP contribution in [0.25, 0.3) is 10.9 Å². The summed E-state index contributed by atoms with van der Waals surface area (Å²) in [6, 6.07) is 10.1. The largest absolute Gasteiger partial charge is 0.451 e. The molecule has 0 bridgehead atoms. The molecule has 1 aliphatic rings. The number of nitrogens with zero attached hydrogens (tertiary/aromatic N) is 2. The van der Waals surface area contributed by atoms with Crippen molar-refractivity contribution in [3.63, 3.8) is 0 Å². The van der Waals surface area contributed by atoms with E-state index in [0.717, 1.165) is 29.6 Å². The van der Waals surface area contributed by atoms with Crippen LogP contribution in [0.15, 0.2) is 41.4 Å². The number of hydrogen-bond acceptors (Lipinski definition) is 7. The zero-order chi connectivity index (χ0) is 21.4. The highest BCUT2D eigenvalue weighted by atomic mass is 32.2. The average molecular weight is 454 g/mol. The second kappa shape index (κ2) is 8.26. The number of aromatic nitrogens is 2. The van der Waals surface area contributed by atoms with E-state index in [0.29, 0.717) is 16.8 Å². The Bertz CT molecular complexity index is 1080. The number of halogens is 3. The summed E-state index contributed by atoms with van der Waals surface area (Å²) in [5.41, 5.74) is -0.232. The van der Waals surface area contributed by atoms with Gasteiger partial charge in [0.25, 0.3) is 0 Å². The van der Waals surface area contributed by atoms with Crippen molar-refractivity contribution >= 4 is 39.8 Å². The Morgan fingerprint density at radius 1 is 1.27 bits per heavy atom. The van der Waals surface area contributed by atoms with Gasteiger partial charge < -0.3 is 10.1 Å². The summed E-state index contributed by atoms with van der Waals surface area (Å²) in [6.07, 6.45) is -3.84. The third kappa shape index (κ3) is 4.09. The molecule has 1 aromatic carbocycles. The van der Waals surface area contributed by atoms with Crippen molar-refractivity contribution in [2.24, 2.45) is 0 Å². The van der Waals surface area contributed by atoms with Crippen molar-refractivity contribution in [1.82, 2.24) is 15.3 Å². The molecule has 1 unspecified atom stereocenters. The summed E-state index contributed by atoms with van der Waals surface area (Å²) < 4.78 is 45.2. The number of methoxy groups -OCH3 is 1. The molecule has 1 N–H and O–H groups in total. The zero-order valence-corrected chi connectivity index (χ0v) is 17.6. The van der Waals surface area contributed by atoms with Crippen LogP contribution in [0.5, 0.6) is 0 Å². The van der Waals surface area contributed by atoms with Crippen molar-refractivity contribution in [3.05, 3.63) is 52.0 Å². The second-order valence-corrected chi connectivity index (χ2v) is 8.92. The number of ether oxygens (including phenoxy) is 1. The minimum Gasteiger partial charge on any atom is -0.371 e. The number of benzene rings is 1. The molecule has 3 aromatic rings. The number of thioether (sulfide) groups is 1. The molecule has 1 aliphatic heterocycles. The number of carbonyl (C=O) groups is 1. The Morgan fingerprint density at radius 3 is 2.77 bits per heavy atom. The molecule has 30 heavy (non-hydrogen) atoms. The van der Waals surface area contributed by atoms with Crippen molar-refractivity contribution < 1.29 is 22.7 Å². The number of fused-ring (bicyclic) bond motifs is 1. The molecule has 2 aromatic heterocycles. The van der Waals surface area contributed by atoms with E-state index in [1.54, 1.807) is 31.4 Å². The Hall–Kier alpha value is -2.01. The van der Waals surface area contributed by atoms with Gasteiger partial charge in [-0.25, -0.2) is 9.97 Å². The fourth-order valence-electron chi connectivity index (χ4n) is 3.38. The van der Waals surface area contributed by atoms with Gasteiger partial charge in [-0.2, -0.15) is 13.2 Å². The van der Waals surface area contributed by atoms with Crippen molar-refractivity contribution in [2.45, 2.75) is 23.2 Å². The van der Waals surface area contributed by atoms with Crippen LogP contribution in [0.4, 0.5) is 13.2 Å². The fraction of sp³-hybridized carbons (Fsp3) is 0.350. The minimum atomic E-state index is -4.66. The highest BCUT2D eigenvalue weighted by Crippen LogP contribution is 2.37. The summed E-state index contributed by atoms with van der Waals surface area (Å²) in [7, 11) is 1.66. The Morgan fingerprint density at radius 2 is 2.07 bits per heavy atom. The predicted octanol–water partition coefficient (Wildman–Crippen LogP) is 4.52. The number of nitrogens with one attached hydrogen (secondary N) is 1. The number of rotatable bonds is 6. The van der Waals surface area contributed by atoms with Crippen LogP contribution in [0, 0.1) is 0 Å². The first-order valence-electron chi connectivity index (χ1n) is 9.18. The smallest absolute Gasteiger partial charge is 0.371 e. The number of thiophene rings is 1. The lowest BCUT2D eigenvalue weighted by atomic mass is 10.0. The van der Waals surface area contributed by atoms with Gasteiger partial charge in [0.15, 0.2) is 5.78 Å². The van der Waals surface area contributed by atoms with Gasteiger partial charge in [-0.3, -0.25) is 4.79 Å². The number of carbonyl (C=O) groups excluding carboxylic acids is 1. The molecule has 0 saturated carbocycles. The summed E-state index contributed by atoms with van der Waals surface area (Å²) in [5.74, 6) is -1.38. The number of alkyl halides is 3. The topological polar surface area (TPSA) is 64.1 Å².